The number of benzene rings is 3. The van der Waals surface area contributed by atoms with Gasteiger partial charge in [-0.15, -0.1) is 0 Å². The van der Waals surface area contributed by atoms with E-state index in [1.165, 1.54) is 24.3 Å². The van der Waals surface area contributed by atoms with Crippen molar-refractivity contribution in [1.82, 2.24) is 41.4 Å². The molecule has 4 heterocycles. The van der Waals surface area contributed by atoms with Crippen LogP contribution >= 0.6 is 46.4 Å². The average Bonchev–Trinajstić information content (AvgIpc) is 4.05. The van der Waals surface area contributed by atoms with Crippen molar-refractivity contribution < 1.29 is 58.3 Å². The van der Waals surface area contributed by atoms with Gasteiger partial charge in [-0.05, 0) is 96.5 Å². The number of nitrogens with zero attached hydrogens (tertiary/aromatic N) is 7. The van der Waals surface area contributed by atoms with Crippen LogP contribution in [0.4, 0.5) is 4.39 Å². The Morgan fingerprint density at radius 1 is 0.859 bits per heavy atom. The number of hydrogen-bond acceptors (Lipinski definition) is 14. The van der Waals surface area contributed by atoms with Crippen LogP contribution in [0.2, 0.25) is 20.1 Å². The Morgan fingerprint density at radius 2 is 1.53 bits per heavy atom. The lowest BCUT2D eigenvalue weighted by molar-refractivity contribution is -0.139. The number of guanidine groups is 2. The Hall–Kier alpha value is -7.97. The normalized spacial score (nSPS) is 15.3. The molecule has 0 aliphatic carbocycles. The summed E-state index contributed by atoms with van der Waals surface area (Å²) in [5.41, 5.74) is 2.57. The second-order valence-corrected chi connectivity index (χ2v) is 18.9. The lowest BCUT2D eigenvalue weighted by atomic mass is 9.96. The smallest absolute Gasteiger partial charge is 0.328 e. The molecule has 5 aromatic rings. The third-order valence-electron chi connectivity index (χ3n) is 12.0. The number of aliphatic hydroxyl groups excluding tert-OH is 2. The number of hydrogen-bond donors (Lipinski definition) is 10. The molecule has 7 rings (SSSR count). The molecule has 28 heteroatoms. The summed E-state index contributed by atoms with van der Waals surface area (Å²) in [7, 11) is 0. The highest BCUT2D eigenvalue weighted by Crippen LogP contribution is 2.36. The number of likely N-dealkylation sites (tertiary alicyclic amines) is 1. The van der Waals surface area contributed by atoms with E-state index in [2.05, 4.69) is 41.6 Å². The Labute approximate surface area is 463 Å². The Balaban J connectivity index is 0.000000256. The number of aliphatic hydroxyl groups is 2. The maximum Gasteiger partial charge on any atom is 0.328 e. The van der Waals surface area contributed by atoms with E-state index in [0.29, 0.717) is 65.7 Å². The number of phenolic OH excluding ortho intramolecular Hbond substituents is 1. The molecule has 0 spiro atoms. The molecule has 0 radical (unpaired) electrons. The highest BCUT2D eigenvalue weighted by molar-refractivity contribution is 6.41. The first-order valence-corrected chi connectivity index (χ1v) is 25.1. The first-order chi connectivity index (χ1) is 37.3. The number of carboxylic acids is 2. The minimum absolute atomic E-state index is 0.0102. The highest BCUT2D eigenvalue weighted by atomic mass is 35.5. The van der Waals surface area contributed by atoms with E-state index in [0.717, 1.165) is 0 Å². The summed E-state index contributed by atoms with van der Waals surface area (Å²) in [5, 5.41) is 79.0. The number of carbonyl (C=O) groups is 5. The van der Waals surface area contributed by atoms with Gasteiger partial charge in [-0.3, -0.25) is 25.0 Å². The number of alkyl halides is 1. The van der Waals surface area contributed by atoms with Crippen molar-refractivity contribution in [2.45, 2.75) is 56.5 Å². The van der Waals surface area contributed by atoms with Gasteiger partial charge in [-0.2, -0.15) is 10.5 Å². The zero-order chi connectivity index (χ0) is 56.6. The summed E-state index contributed by atoms with van der Waals surface area (Å²) in [4.78, 5) is 78.0. The van der Waals surface area contributed by atoms with Crippen molar-refractivity contribution in [2.75, 3.05) is 45.9 Å². The van der Waals surface area contributed by atoms with E-state index < -0.39 is 67.8 Å². The van der Waals surface area contributed by atoms with Crippen LogP contribution in [0.5, 0.6) is 5.75 Å². The van der Waals surface area contributed by atoms with Crippen molar-refractivity contribution in [2.24, 2.45) is 9.98 Å². The molecule has 2 aromatic heterocycles. The quantitative estimate of drug-likeness (QED) is 0.0264. The van der Waals surface area contributed by atoms with E-state index in [1.807, 2.05) is 0 Å². The molecule has 3 amide bonds. The summed E-state index contributed by atoms with van der Waals surface area (Å²) >= 11 is 25.6. The van der Waals surface area contributed by atoms with Gasteiger partial charge in [-0.25, -0.2) is 28.9 Å². The van der Waals surface area contributed by atoms with Gasteiger partial charge in [0.15, 0.2) is 18.1 Å². The number of aromatic hydroxyl groups is 1. The van der Waals surface area contributed by atoms with E-state index in [1.54, 1.807) is 64.8 Å². The maximum atomic E-state index is 13.2. The summed E-state index contributed by atoms with van der Waals surface area (Å²) in [5.74, 6) is -4.62. The largest absolute Gasteiger partial charge is 0.508 e. The minimum atomic E-state index is -1.50. The number of carboxylic acid groups (broad SMARTS) is 2. The molecule has 2 aliphatic heterocycles. The number of furan rings is 1. The van der Waals surface area contributed by atoms with Crippen molar-refractivity contribution in [3.05, 3.63) is 126 Å². The number of phenols is 1. The number of rotatable bonds is 17. The number of nitrogens with one attached hydrogen (secondary N) is 5. The van der Waals surface area contributed by atoms with Crippen LogP contribution in [0.1, 0.15) is 72.5 Å². The number of aryl methyl sites for hydroxylation is 1. The Bertz CT molecular complexity index is 3150. The van der Waals surface area contributed by atoms with E-state index in [4.69, 9.17) is 61.3 Å². The number of aliphatic carboxylic acids is 2. The second kappa shape index (κ2) is 27.9. The van der Waals surface area contributed by atoms with Gasteiger partial charge >= 0.3 is 11.9 Å². The predicted octanol–water partition coefficient (Wildman–Crippen LogP) is 4.54. The van der Waals surface area contributed by atoms with Crippen LogP contribution in [0.3, 0.4) is 0 Å². The lowest BCUT2D eigenvalue weighted by Gasteiger charge is -2.29. The Kier molecular flexibility index (Phi) is 21.2. The van der Waals surface area contributed by atoms with Crippen LogP contribution in [0, 0.1) is 22.9 Å². The van der Waals surface area contributed by atoms with Crippen molar-refractivity contribution >= 4 is 99.1 Å². The number of nitriles is 2. The fourth-order valence-electron chi connectivity index (χ4n) is 8.11. The average molecular weight is 1150 g/mol. The van der Waals surface area contributed by atoms with Gasteiger partial charge in [0.2, 0.25) is 17.6 Å². The van der Waals surface area contributed by atoms with Crippen LogP contribution in [0.25, 0.3) is 11.1 Å². The zero-order valence-corrected chi connectivity index (χ0v) is 43.9. The number of carbonyl (C=O) groups excluding carboxylic acids is 3. The number of amides is 3. The van der Waals surface area contributed by atoms with Crippen LogP contribution < -0.4 is 26.6 Å². The molecule has 1 unspecified atom stereocenters. The van der Waals surface area contributed by atoms with Gasteiger partial charge in [0.05, 0.1) is 56.5 Å². The molecule has 23 nitrogen and oxygen atoms in total. The topological polar surface area (TPSA) is 351 Å². The molecular weight excluding hydrogens is 1110 g/mol. The fraction of sp³-hybridized carbons (Fsp3) is 0.320. The predicted molar refractivity (Wildman–Crippen MR) is 283 cm³/mol. The van der Waals surface area contributed by atoms with Gasteiger partial charge < -0.3 is 55.7 Å². The fourth-order valence-corrected chi connectivity index (χ4v) is 9.58. The molecule has 3 aromatic carbocycles. The maximum absolute atomic E-state index is 13.2. The molecule has 2 aliphatic rings. The minimum Gasteiger partial charge on any atom is -0.508 e. The molecule has 78 heavy (non-hydrogen) atoms. The molecule has 410 valence electrons. The number of aromatic nitrogens is 1. The van der Waals surface area contributed by atoms with E-state index in [-0.39, 0.29) is 86.6 Å². The lowest BCUT2D eigenvalue weighted by Crippen LogP contribution is -2.45. The first-order valence-electron chi connectivity index (χ1n) is 23.6. The molecule has 0 saturated carbocycles. The molecule has 1 fully saturated rings. The number of β-amino-alcohol motifs (C(OH)–C–C–N with tert-alkyl or cyclic N) is 1. The van der Waals surface area contributed by atoms with Gasteiger partial charge in [0.25, 0.3) is 17.7 Å². The van der Waals surface area contributed by atoms with Crippen LogP contribution in [-0.2, 0) is 29.0 Å². The monoisotopic (exact) mass is 1150 g/mol. The number of halogens is 5. The number of fused-ring (bicyclic) bond motifs is 2. The van der Waals surface area contributed by atoms with E-state index in [9.17, 15) is 53.9 Å². The number of pyridine rings is 1. The summed E-state index contributed by atoms with van der Waals surface area (Å²) in [6, 6.07) is 13.0. The summed E-state index contributed by atoms with van der Waals surface area (Å²) in [6.07, 6.45) is 4.90. The molecule has 4 atom stereocenters. The van der Waals surface area contributed by atoms with Gasteiger partial charge in [0, 0.05) is 44.3 Å². The highest BCUT2D eigenvalue weighted by Gasteiger charge is 2.32. The van der Waals surface area contributed by atoms with Crippen molar-refractivity contribution in [1.29, 1.82) is 10.5 Å². The van der Waals surface area contributed by atoms with Crippen LogP contribution in [0.15, 0.2) is 81.3 Å². The third kappa shape index (κ3) is 15.6. The third-order valence-corrected chi connectivity index (χ3v) is 13.3. The molecular formula is C50H49Cl4FN12O11. The SMILES string of the molecule is N#CNC(=NC[C@H](NC(=O)c1c(Cl)cc(CCC(O)c2cccc(O)c2)cc1Cl)C(=O)O)NCCF.N#CNC(=NC[C@H](NC(=O)c1c(Cl)cc2c(c1Cl)CCN(C(=O)c1cc3cccnc3o1)C2)C(=O)O)N1CC[C@H](O)C1. The number of aliphatic imine (C=N–C) groups is 2. The second-order valence-electron chi connectivity index (χ2n) is 17.3. The summed E-state index contributed by atoms with van der Waals surface area (Å²) in [6.45, 7) is -0.630. The summed E-state index contributed by atoms with van der Waals surface area (Å²) < 4.78 is 17.9. The van der Waals surface area contributed by atoms with Gasteiger partial charge in [0.1, 0.15) is 24.5 Å². The van der Waals surface area contributed by atoms with Gasteiger partial charge in [-0.1, -0.05) is 58.5 Å². The van der Waals surface area contributed by atoms with Crippen molar-refractivity contribution in [3.8, 4) is 18.1 Å². The first kappa shape index (κ1) is 59.3. The Morgan fingerprint density at radius 3 is 2.14 bits per heavy atom. The van der Waals surface area contributed by atoms with Crippen LogP contribution in [-0.4, -0.2) is 146 Å². The molecule has 1 saturated heterocycles. The molecule has 10 N–H and O–H groups in total. The molecule has 0 bridgehead atoms. The van der Waals surface area contributed by atoms with Crippen molar-refractivity contribution in [3.63, 3.8) is 0 Å². The van der Waals surface area contributed by atoms with E-state index >= 15 is 0 Å². The zero-order valence-electron chi connectivity index (χ0n) is 40.9. The standard InChI is InChI=1S/C27H25Cl2N7O6.C23H24Cl2FN5O5/c28-18-8-15-11-35(25(39)20-9-14-2-1-5-31-24(14)42-20)7-4-17(15)22(29)21(18)23(38)34-19(26(40)41)10-32-27(33-13-30)36-6-3-16(37)12-36;24-16-8-13(4-5-19(33)14-2-1-3-15(32)10-14)9-17(25)20(16)21(34)31-18(22(35)36)11-29-23(30-12-27)28-7-6-26/h1-2,5,8-9,16,19,37H,3-4,6-7,10-12H2,(H,32,33)(H,34,38)(H,40,41);1-3,8-10,18-19,32-33H,4-7,11H2,(H,31,34)(H,35,36)(H2,28,29,30)/t16-,19-;18-,19?/m00/s1.